The molecule has 1 aromatic rings. The summed E-state index contributed by atoms with van der Waals surface area (Å²) in [4.78, 5) is 0.366. The fourth-order valence-corrected chi connectivity index (χ4v) is 4.16. The van der Waals surface area contributed by atoms with E-state index in [1.165, 1.54) is 36.4 Å². The zero-order valence-corrected chi connectivity index (χ0v) is 14.7. The molecule has 2 rings (SSSR count). The second kappa shape index (κ2) is 7.57. The van der Waals surface area contributed by atoms with Crippen LogP contribution < -0.4 is 5.32 Å². The molecule has 0 unspecified atom stereocenters. The minimum absolute atomic E-state index is 0.0438. The van der Waals surface area contributed by atoms with Crippen molar-refractivity contribution in [2.24, 2.45) is 0 Å². The fourth-order valence-electron chi connectivity index (χ4n) is 2.79. The summed E-state index contributed by atoms with van der Waals surface area (Å²) < 4.78 is 26.2. The number of nitrogens with one attached hydrogen (secondary N) is 1. The van der Waals surface area contributed by atoms with Gasteiger partial charge in [0.15, 0.2) is 0 Å². The topological polar surface area (TPSA) is 49.4 Å². The molecule has 0 amide bonds. The minimum atomic E-state index is -3.38. The molecule has 1 aliphatic carbocycles. The van der Waals surface area contributed by atoms with Crippen LogP contribution in [0.3, 0.4) is 0 Å². The van der Waals surface area contributed by atoms with E-state index in [-0.39, 0.29) is 6.04 Å². The Kier molecular flexibility index (Phi) is 6.01. The number of nitrogens with zero attached hydrogens (tertiary/aromatic N) is 1. The van der Waals surface area contributed by atoms with Gasteiger partial charge in [-0.3, -0.25) is 0 Å². The van der Waals surface area contributed by atoms with E-state index >= 15 is 0 Å². The molecule has 22 heavy (non-hydrogen) atoms. The van der Waals surface area contributed by atoms with E-state index in [2.05, 4.69) is 5.32 Å². The molecule has 0 aliphatic heterocycles. The number of rotatable bonds is 6. The molecule has 1 N–H and O–H groups in total. The van der Waals surface area contributed by atoms with Gasteiger partial charge in [0.1, 0.15) is 0 Å². The summed E-state index contributed by atoms with van der Waals surface area (Å²) in [5.41, 5.74) is 1.14. The summed E-state index contributed by atoms with van der Waals surface area (Å²) in [5, 5.41) is 3.58. The molecule has 1 saturated carbocycles. The average molecular weight is 324 g/mol. The molecule has 0 saturated heterocycles. The van der Waals surface area contributed by atoms with E-state index in [1.807, 2.05) is 26.0 Å². The van der Waals surface area contributed by atoms with Crippen molar-refractivity contribution in [3.63, 3.8) is 0 Å². The van der Waals surface area contributed by atoms with Crippen LogP contribution in [0, 0.1) is 0 Å². The Balaban J connectivity index is 1.98. The Labute approximate surface area is 135 Å². The maximum absolute atomic E-state index is 12.4. The summed E-state index contributed by atoms with van der Waals surface area (Å²) in [6.45, 7) is 4.56. The highest BCUT2D eigenvalue weighted by Crippen LogP contribution is 2.19. The smallest absolute Gasteiger partial charge is 0.243 e. The van der Waals surface area contributed by atoms with Crippen molar-refractivity contribution < 1.29 is 8.42 Å². The summed E-state index contributed by atoms with van der Waals surface area (Å²) >= 11 is 0. The van der Waals surface area contributed by atoms with Crippen molar-refractivity contribution in [2.75, 3.05) is 7.05 Å². The average Bonchev–Trinajstić information content (AvgIpc) is 2.53. The molecular formula is C17H28N2O2S. The maximum atomic E-state index is 12.4. The lowest BCUT2D eigenvalue weighted by Crippen LogP contribution is -2.33. The van der Waals surface area contributed by atoms with Crippen LogP contribution in [0.5, 0.6) is 0 Å². The van der Waals surface area contributed by atoms with Crippen LogP contribution in [0.25, 0.3) is 0 Å². The molecule has 0 bridgehead atoms. The van der Waals surface area contributed by atoms with Gasteiger partial charge in [0.05, 0.1) is 4.90 Å². The molecular weight excluding hydrogens is 296 g/mol. The first-order valence-corrected chi connectivity index (χ1v) is 9.65. The van der Waals surface area contributed by atoms with Crippen LogP contribution in [-0.4, -0.2) is 31.9 Å². The quantitative estimate of drug-likeness (QED) is 0.874. The standard InChI is InChI=1S/C17H28N2O2S/c1-14(2)19(3)22(20,21)17-11-9-15(10-12-17)13-18-16-7-5-4-6-8-16/h9-12,14,16,18H,4-8,13H2,1-3H3. The van der Waals surface area contributed by atoms with E-state index in [1.54, 1.807) is 19.2 Å². The van der Waals surface area contributed by atoms with Gasteiger partial charge in [0.25, 0.3) is 0 Å². The fraction of sp³-hybridized carbons (Fsp3) is 0.647. The van der Waals surface area contributed by atoms with E-state index in [0.29, 0.717) is 10.9 Å². The van der Waals surface area contributed by atoms with Crippen molar-refractivity contribution in [3.8, 4) is 0 Å². The predicted molar refractivity (Wildman–Crippen MR) is 90.2 cm³/mol. The number of hydrogen-bond donors (Lipinski definition) is 1. The van der Waals surface area contributed by atoms with Gasteiger partial charge >= 0.3 is 0 Å². The Hall–Kier alpha value is -0.910. The summed E-state index contributed by atoms with van der Waals surface area (Å²) in [6.07, 6.45) is 6.50. The second-order valence-electron chi connectivity index (χ2n) is 6.47. The van der Waals surface area contributed by atoms with Gasteiger partial charge in [0, 0.05) is 25.7 Å². The molecule has 1 aliphatic rings. The van der Waals surface area contributed by atoms with Crippen LogP contribution in [0.2, 0.25) is 0 Å². The van der Waals surface area contributed by atoms with Gasteiger partial charge in [-0.05, 0) is 44.4 Å². The van der Waals surface area contributed by atoms with Crippen molar-refractivity contribution >= 4 is 10.0 Å². The van der Waals surface area contributed by atoms with Gasteiger partial charge in [-0.25, -0.2) is 8.42 Å². The third-order valence-corrected chi connectivity index (χ3v) is 6.58. The van der Waals surface area contributed by atoms with Crippen molar-refractivity contribution in [1.29, 1.82) is 0 Å². The monoisotopic (exact) mass is 324 g/mol. The molecule has 4 nitrogen and oxygen atoms in total. The zero-order chi connectivity index (χ0) is 16.2. The van der Waals surface area contributed by atoms with E-state index in [0.717, 1.165) is 12.1 Å². The van der Waals surface area contributed by atoms with Gasteiger partial charge in [-0.15, -0.1) is 0 Å². The van der Waals surface area contributed by atoms with Crippen LogP contribution in [0.1, 0.15) is 51.5 Å². The highest BCUT2D eigenvalue weighted by molar-refractivity contribution is 7.89. The van der Waals surface area contributed by atoms with Gasteiger partial charge in [0.2, 0.25) is 10.0 Å². The Morgan fingerprint density at radius 2 is 1.73 bits per heavy atom. The molecule has 0 aromatic heterocycles. The molecule has 0 atom stereocenters. The third kappa shape index (κ3) is 4.31. The molecule has 1 aromatic carbocycles. The SMILES string of the molecule is CC(C)N(C)S(=O)(=O)c1ccc(CNC2CCCCC2)cc1. The number of benzene rings is 1. The van der Waals surface area contributed by atoms with E-state index in [9.17, 15) is 8.42 Å². The lowest BCUT2D eigenvalue weighted by atomic mass is 9.95. The third-order valence-electron chi connectivity index (χ3n) is 4.53. The van der Waals surface area contributed by atoms with Gasteiger partial charge in [-0.2, -0.15) is 4.31 Å². The summed E-state index contributed by atoms with van der Waals surface area (Å²) in [5.74, 6) is 0. The first-order chi connectivity index (χ1) is 10.4. The van der Waals surface area contributed by atoms with Gasteiger partial charge in [-0.1, -0.05) is 31.4 Å². The second-order valence-corrected chi connectivity index (χ2v) is 8.47. The maximum Gasteiger partial charge on any atom is 0.243 e. The van der Waals surface area contributed by atoms with Crippen LogP contribution in [0.15, 0.2) is 29.2 Å². The van der Waals surface area contributed by atoms with Crippen LogP contribution in [0.4, 0.5) is 0 Å². The highest BCUT2D eigenvalue weighted by atomic mass is 32.2. The van der Waals surface area contributed by atoms with E-state index in [4.69, 9.17) is 0 Å². The molecule has 0 heterocycles. The number of hydrogen-bond acceptors (Lipinski definition) is 3. The Bertz CT molecular complexity index is 561. The largest absolute Gasteiger partial charge is 0.310 e. The molecule has 5 heteroatoms. The van der Waals surface area contributed by atoms with Crippen LogP contribution >= 0.6 is 0 Å². The Morgan fingerprint density at radius 1 is 1.14 bits per heavy atom. The molecule has 0 radical (unpaired) electrons. The van der Waals surface area contributed by atoms with E-state index < -0.39 is 10.0 Å². The normalized spacial score (nSPS) is 17.3. The summed E-state index contributed by atoms with van der Waals surface area (Å²) in [7, 11) is -1.75. The summed E-state index contributed by atoms with van der Waals surface area (Å²) in [6, 6.07) is 7.83. The molecule has 1 fully saturated rings. The first kappa shape index (κ1) is 17.4. The van der Waals surface area contributed by atoms with Crippen molar-refractivity contribution in [2.45, 2.75) is 69.5 Å². The van der Waals surface area contributed by atoms with Gasteiger partial charge < -0.3 is 5.32 Å². The predicted octanol–water partition coefficient (Wildman–Crippen LogP) is 3.14. The van der Waals surface area contributed by atoms with Crippen molar-refractivity contribution in [1.82, 2.24) is 9.62 Å². The van der Waals surface area contributed by atoms with Crippen LogP contribution in [-0.2, 0) is 16.6 Å². The Morgan fingerprint density at radius 3 is 2.27 bits per heavy atom. The lowest BCUT2D eigenvalue weighted by Gasteiger charge is -2.23. The number of sulfonamides is 1. The highest BCUT2D eigenvalue weighted by Gasteiger charge is 2.22. The molecule has 124 valence electrons. The lowest BCUT2D eigenvalue weighted by molar-refractivity contribution is 0.372. The minimum Gasteiger partial charge on any atom is -0.310 e. The first-order valence-electron chi connectivity index (χ1n) is 8.21. The van der Waals surface area contributed by atoms with Crippen molar-refractivity contribution in [3.05, 3.63) is 29.8 Å². The zero-order valence-electron chi connectivity index (χ0n) is 13.9. The molecule has 0 spiro atoms.